The second kappa shape index (κ2) is 7.34. The first-order valence-electron chi connectivity index (χ1n) is 6.99. The fourth-order valence-corrected chi connectivity index (χ4v) is 2.69. The molecule has 1 N–H and O–H groups in total. The number of hydrogen-bond acceptors (Lipinski definition) is 3. The quantitative estimate of drug-likeness (QED) is 0.659. The van der Waals surface area contributed by atoms with E-state index < -0.39 is 0 Å². The van der Waals surface area contributed by atoms with Gasteiger partial charge in [0.1, 0.15) is 0 Å². The first kappa shape index (κ1) is 14.9. The van der Waals surface area contributed by atoms with Crippen molar-refractivity contribution in [2.75, 3.05) is 46.4 Å². The summed E-state index contributed by atoms with van der Waals surface area (Å²) in [5, 5.41) is 3.53. The highest BCUT2D eigenvalue weighted by molar-refractivity contribution is 4.82. The van der Waals surface area contributed by atoms with E-state index in [-0.39, 0.29) is 0 Å². The van der Waals surface area contributed by atoms with Crippen molar-refractivity contribution in [3.8, 4) is 0 Å². The summed E-state index contributed by atoms with van der Waals surface area (Å²) in [4.78, 5) is 2.59. The molecule has 1 aliphatic rings. The number of hydrogen-bond donors (Lipinski definition) is 1. The summed E-state index contributed by atoms with van der Waals surface area (Å²) < 4.78 is 5.24. The predicted octanol–water partition coefficient (Wildman–Crippen LogP) is 1.98. The van der Waals surface area contributed by atoms with Crippen LogP contribution in [0, 0.1) is 11.3 Å². The summed E-state index contributed by atoms with van der Waals surface area (Å²) in [7, 11) is 1.81. The Hall–Kier alpha value is -0.120. The van der Waals surface area contributed by atoms with Crippen molar-refractivity contribution >= 4 is 0 Å². The summed E-state index contributed by atoms with van der Waals surface area (Å²) in [5.41, 5.74) is 0.372. The number of nitrogens with zero attached hydrogens (tertiary/aromatic N) is 1. The molecule has 0 bridgehead atoms. The van der Waals surface area contributed by atoms with Crippen molar-refractivity contribution < 1.29 is 4.74 Å². The Morgan fingerprint density at radius 3 is 2.82 bits per heavy atom. The lowest BCUT2D eigenvalue weighted by molar-refractivity contribution is 0.145. The van der Waals surface area contributed by atoms with Gasteiger partial charge in [0.05, 0.1) is 6.61 Å². The van der Waals surface area contributed by atoms with E-state index in [1.165, 1.54) is 32.5 Å². The molecule has 1 heterocycles. The number of methoxy groups -OCH3 is 1. The van der Waals surface area contributed by atoms with E-state index in [0.29, 0.717) is 5.41 Å². The van der Waals surface area contributed by atoms with Gasteiger partial charge in [0, 0.05) is 26.7 Å². The number of likely N-dealkylation sites (tertiary alicyclic amines) is 1. The molecule has 1 aliphatic heterocycles. The van der Waals surface area contributed by atoms with Gasteiger partial charge in [-0.2, -0.15) is 0 Å². The molecule has 17 heavy (non-hydrogen) atoms. The average Bonchev–Trinajstić information content (AvgIpc) is 2.65. The normalized spacial score (nSPS) is 22.2. The molecule has 0 aromatic heterocycles. The Morgan fingerprint density at radius 1 is 1.41 bits per heavy atom. The molecule has 1 fully saturated rings. The highest BCUT2D eigenvalue weighted by atomic mass is 16.5. The Morgan fingerprint density at radius 2 is 2.18 bits per heavy atom. The minimum Gasteiger partial charge on any atom is -0.384 e. The van der Waals surface area contributed by atoms with Gasteiger partial charge in [-0.05, 0) is 37.3 Å². The van der Waals surface area contributed by atoms with Crippen molar-refractivity contribution in [3.05, 3.63) is 0 Å². The number of nitrogens with one attached hydrogen (secondary N) is 1. The molecule has 0 aromatic carbocycles. The third-order valence-corrected chi connectivity index (χ3v) is 3.45. The molecule has 102 valence electrons. The van der Waals surface area contributed by atoms with Gasteiger partial charge in [0.15, 0.2) is 0 Å². The zero-order chi connectivity index (χ0) is 12.7. The topological polar surface area (TPSA) is 24.5 Å². The zero-order valence-electron chi connectivity index (χ0n) is 12.1. The first-order valence-corrected chi connectivity index (χ1v) is 6.99. The van der Waals surface area contributed by atoms with Crippen LogP contribution < -0.4 is 5.32 Å². The van der Waals surface area contributed by atoms with Gasteiger partial charge in [0.2, 0.25) is 0 Å². The van der Waals surface area contributed by atoms with Gasteiger partial charge < -0.3 is 15.0 Å². The molecule has 0 spiro atoms. The summed E-state index contributed by atoms with van der Waals surface area (Å²) >= 11 is 0. The predicted molar refractivity (Wildman–Crippen MR) is 73.4 cm³/mol. The van der Waals surface area contributed by atoms with E-state index in [2.05, 4.69) is 31.0 Å². The van der Waals surface area contributed by atoms with Crippen LogP contribution in [0.2, 0.25) is 0 Å². The Bertz CT molecular complexity index is 206. The van der Waals surface area contributed by atoms with Crippen LogP contribution in [-0.4, -0.2) is 51.3 Å². The maximum atomic E-state index is 5.24. The van der Waals surface area contributed by atoms with Crippen molar-refractivity contribution in [1.29, 1.82) is 0 Å². The van der Waals surface area contributed by atoms with E-state index >= 15 is 0 Å². The lowest BCUT2D eigenvalue weighted by atomic mass is 9.92. The lowest BCUT2D eigenvalue weighted by Crippen LogP contribution is -2.40. The van der Waals surface area contributed by atoms with Gasteiger partial charge in [-0.1, -0.05) is 20.8 Å². The van der Waals surface area contributed by atoms with Gasteiger partial charge >= 0.3 is 0 Å². The van der Waals surface area contributed by atoms with Crippen molar-refractivity contribution in [1.82, 2.24) is 10.2 Å². The third kappa shape index (κ3) is 5.84. The van der Waals surface area contributed by atoms with Crippen LogP contribution in [0.3, 0.4) is 0 Å². The Balaban J connectivity index is 2.23. The first-order chi connectivity index (χ1) is 8.07. The fourth-order valence-electron chi connectivity index (χ4n) is 2.69. The average molecular weight is 242 g/mol. The molecule has 1 saturated heterocycles. The van der Waals surface area contributed by atoms with E-state index in [0.717, 1.165) is 25.6 Å². The molecular weight excluding hydrogens is 212 g/mol. The highest BCUT2D eigenvalue weighted by Crippen LogP contribution is 2.22. The largest absolute Gasteiger partial charge is 0.384 e. The molecule has 0 amide bonds. The molecule has 1 atom stereocenters. The molecule has 0 aliphatic carbocycles. The second-order valence-electron chi connectivity index (χ2n) is 6.19. The van der Waals surface area contributed by atoms with Crippen LogP contribution in [-0.2, 0) is 4.74 Å². The maximum absolute atomic E-state index is 5.24. The van der Waals surface area contributed by atoms with Crippen LogP contribution in [0.15, 0.2) is 0 Å². The van der Waals surface area contributed by atoms with E-state index in [9.17, 15) is 0 Å². The minimum atomic E-state index is 0.372. The van der Waals surface area contributed by atoms with E-state index in [1.54, 1.807) is 7.11 Å². The SMILES string of the molecule is CCCNCC(C)(C)CN1CCC(COC)C1. The standard InChI is InChI=1S/C14H30N2O/c1-5-7-15-11-14(2,3)12-16-8-6-13(9-16)10-17-4/h13,15H,5-12H2,1-4H3. The van der Waals surface area contributed by atoms with Crippen LogP contribution in [0.1, 0.15) is 33.6 Å². The van der Waals surface area contributed by atoms with Crippen molar-refractivity contribution in [2.45, 2.75) is 33.6 Å². The van der Waals surface area contributed by atoms with Crippen LogP contribution >= 0.6 is 0 Å². The van der Waals surface area contributed by atoms with Crippen molar-refractivity contribution in [3.63, 3.8) is 0 Å². The second-order valence-corrected chi connectivity index (χ2v) is 6.19. The molecule has 1 rings (SSSR count). The van der Waals surface area contributed by atoms with Crippen molar-refractivity contribution in [2.24, 2.45) is 11.3 Å². The maximum Gasteiger partial charge on any atom is 0.0503 e. The van der Waals surface area contributed by atoms with Crippen LogP contribution in [0.4, 0.5) is 0 Å². The molecule has 0 saturated carbocycles. The van der Waals surface area contributed by atoms with Gasteiger partial charge in [-0.15, -0.1) is 0 Å². The Kier molecular flexibility index (Phi) is 6.45. The summed E-state index contributed by atoms with van der Waals surface area (Å²) in [6.45, 7) is 13.8. The zero-order valence-corrected chi connectivity index (χ0v) is 12.1. The summed E-state index contributed by atoms with van der Waals surface area (Å²) in [5.74, 6) is 0.749. The molecule has 3 heteroatoms. The van der Waals surface area contributed by atoms with Gasteiger partial charge in [0.25, 0.3) is 0 Å². The molecular formula is C14H30N2O. The molecule has 0 radical (unpaired) electrons. The molecule has 3 nitrogen and oxygen atoms in total. The monoisotopic (exact) mass is 242 g/mol. The van der Waals surface area contributed by atoms with Crippen LogP contribution in [0.5, 0.6) is 0 Å². The summed E-state index contributed by atoms with van der Waals surface area (Å²) in [6, 6.07) is 0. The summed E-state index contributed by atoms with van der Waals surface area (Å²) in [6.07, 6.45) is 2.52. The Labute approximate surface area is 107 Å². The van der Waals surface area contributed by atoms with Crippen LogP contribution in [0.25, 0.3) is 0 Å². The molecule has 0 aromatic rings. The minimum absolute atomic E-state index is 0.372. The van der Waals surface area contributed by atoms with Gasteiger partial charge in [-0.3, -0.25) is 0 Å². The van der Waals surface area contributed by atoms with E-state index in [1.807, 2.05) is 0 Å². The van der Waals surface area contributed by atoms with Gasteiger partial charge in [-0.25, -0.2) is 0 Å². The lowest BCUT2D eigenvalue weighted by Gasteiger charge is -2.30. The fraction of sp³-hybridized carbons (Fsp3) is 1.00. The number of rotatable bonds is 8. The molecule has 1 unspecified atom stereocenters. The smallest absolute Gasteiger partial charge is 0.0503 e. The third-order valence-electron chi connectivity index (χ3n) is 3.45. The van der Waals surface area contributed by atoms with E-state index in [4.69, 9.17) is 4.74 Å². The number of ether oxygens (including phenoxy) is 1. The highest BCUT2D eigenvalue weighted by Gasteiger charge is 2.27.